The number of aliphatic hydroxyl groups excluding tert-OH is 1. The molecule has 0 atom stereocenters. The Balaban J connectivity index is 0.000000648. The van der Waals surface area contributed by atoms with E-state index in [1.54, 1.807) is 6.92 Å². The molecule has 0 aliphatic rings. The highest BCUT2D eigenvalue weighted by atomic mass is 19.4. The summed E-state index contributed by atoms with van der Waals surface area (Å²) < 4.78 is 50.4. The van der Waals surface area contributed by atoms with Gasteiger partial charge in [-0.15, -0.1) is 0 Å². The van der Waals surface area contributed by atoms with Crippen LogP contribution in [0.2, 0.25) is 0 Å². The number of aromatic nitrogens is 3. The first kappa shape index (κ1) is 19.6. The van der Waals surface area contributed by atoms with Gasteiger partial charge in [0.25, 0.3) is 0 Å². The fourth-order valence-corrected chi connectivity index (χ4v) is 1.69. The van der Waals surface area contributed by atoms with Crippen LogP contribution in [0.3, 0.4) is 0 Å². The number of anilines is 1. The molecule has 5 nitrogen and oxygen atoms in total. The highest BCUT2D eigenvalue weighted by molar-refractivity contribution is 5.62. The first-order chi connectivity index (χ1) is 11.3. The number of nitrogens with two attached hydrogens (primary N) is 1. The number of alkyl halides is 4. The Labute approximate surface area is 136 Å². The molecular formula is C15H18F4N4O. The molecule has 0 saturated heterocycles. The fraction of sp³-hybridized carbons (Fsp3) is 0.333. The minimum absolute atomic E-state index is 0.154. The van der Waals surface area contributed by atoms with Crippen molar-refractivity contribution in [2.45, 2.75) is 26.1 Å². The highest BCUT2D eigenvalue weighted by Crippen LogP contribution is 2.34. The van der Waals surface area contributed by atoms with Crippen molar-refractivity contribution in [1.29, 1.82) is 0 Å². The van der Waals surface area contributed by atoms with E-state index in [1.807, 2.05) is 0 Å². The zero-order valence-corrected chi connectivity index (χ0v) is 13.0. The van der Waals surface area contributed by atoms with E-state index >= 15 is 0 Å². The van der Waals surface area contributed by atoms with Gasteiger partial charge >= 0.3 is 6.18 Å². The number of pyridine rings is 1. The molecular weight excluding hydrogens is 328 g/mol. The van der Waals surface area contributed by atoms with Gasteiger partial charge in [0, 0.05) is 24.2 Å². The Morgan fingerprint density at radius 3 is 2.46 bits per heavy atom. The molecule has 3 N–H and O–H groups in total. The second kappa shape index (κ2) is 8.44. The van der Waals surface area contributed by atoms with Crippen LogP contribution < -0.4 is 5.73 Å². The molecule has 0 spiro atoms. The van der Waals surface area contributed by atoms with Crippen molar-refractivity contribution in [3.05, 3.63) is 36.4 Å². The number of nitrogen functional groups attached to an aromatic ring is 1. The largest absolute Gasteiger partial charge is 0.419 e. The molecule has 0 amide bonds. The number of hydrogen-bond acceptors (Lipinski definition) is 4. The predicted octanol–water partition coefficient (Wildman–Crippen LogP) is 3.50. The maximum atomic E-state index is 12.8. The van der Waals surface area contributed by atoms with Gasteiger partial charge in [0.05, 0.1) is 17.9 Å². The Morgan fingerprint density at radius 1 is 1.42 bits per heavy atom. The van der Waals surface area contributed by atoms with E-state index in [4.69, 9.17) is 10.8 Å². The van der Waals surface area contributed by atoms with Gasteiger partial charge in [0.1, 0.15) is 18.2 Å². The molecule has 2 aromatic rings. The Hall–Kier alpha value is -2.42. The topological polar surface area (TPSA) is 77.0 Å². The highest BCUT2D eigenvalue weighted by Gasteiger charge is 2.34. The maximum Gasteiger partial charge on any atom is 0.419 e. The van der Waals surface area contributed by atoms with Gasteiger partial charge < -0.3 is 15.4 Å². The van der Waals surface area contributed by atoms with E-state index in [0.717, 1.165) is 6.07 Å². The summed E-state index contributed by atoms with van der Waals surface area (Å²) in [5, 5.41) is 9.09. The van der Waals surface area contributed by atoms with Crippen LogP contribution in [0.5, 0.6) is 0 Å². The molecule has 0 aliphatic carbocycles. The number of rotatable bonds is 4. The summed E-state index contributed by atoms with van der Waals surface area (Å²) in [5.41, 5.74) is 4.61. The zero-order valence-electron chi connectivity index (χ0n) is 13.0. The van der Waals surface area contributed by atoms with Crippen LogP contribution in [-0.4, -0.2) is 26.3 Å². The molecule has 132 valence electrons. The third-order valence-electron chi connectivity index (χ3n) is 2.86. The molecule has 0 aromatic carbocycles. The van der Waals surface area contributed by atoms with Gasteiger partial charge in [-0.05, 0) is 12.5 Å². The van der Waals surface area contributed by atoms with Crippen molar-refractivity contribution in [1.82, 2.24) is 14.5 Å². The molecule has 0 bridgehead atoms. The molecule has 0 aliphatic heterocycles. The number of aliphatic hydroxyl groups is 1. The van der Waals surface area contributed by atoms with Crippen LogP contribution in [0, 0.1) is 0 Å². The van der Waals surface area contributed by atoms with Gasteiger partial charge in [-0.2, -0.15) is 13.2 Å². The van der Waals surface area contributed by atoms with Gasteiger partial charge in [0.2, 0.25) is 0 Å². The smallest absolute Gasteiger partial charge is 0.388 e. The zero-order chi connectivity index (χ0) is 18.3. The van der Waals surface area contributed by atoms with E-state index in [1.165, 1.54) is 23.2 Å². The lowest BCUT2D eigenvalue weighted by molar-refractivity contribution is -0.137. The van der Waals surface area contributed by atoms with E-state index in [9.17, 15) is 17.6 Å². The van der Waals surface area contributed by atoms with Crippen molar-refractivity contribution in [2.75, 3.05) is 12.4 Å². The van der Waals surface area contributed by atoms with Crippen molar-refractivity contribution in [3.63, 3.8) is 0 Å². The average molecular weight is 346 g/mol. The molecule has 0 radical (unpaired) electrons. The number of hydrogen-bond donors (Lipinski definition) is 2. The first-order valence-corrected chi connectivity index (χ1v) is 6.98. The van der Waals surface area contributed by atoms with Crippen LogP contribution in [0.25, 0.3) is 17.5 Å². The summed E-state index contributed by atoms with van der Waals surface area (Å²) in [6.07, 6.45) is 0.0960. The summed E-state index contributed by atoms with van der Waals surface area (Å²) in [6.45, 7) is 4.78. The van der Waals surface area contributed by atoms with Crippen LogP contribution in [0.4, 0.5) is 23.4 Å². The lowest BCUT2D eigenvalue weighted by Gasteiger charge is -2.09. The van der Waals surface area contributed by atoms with E-state index in [0.29, 0.717) is 6.42 Å². The minimum Gasteiger partial charge on any atom is -0.388 e. The van der Waals surface area contributed by atoms with Crippen molar-refractivity contribution < 1.29 is 22.7 Å². The number of nitrogens with zero attached hydrogens (tertiary/aromatic N) is 3. The van der Waals surface area contributed by atoms with E-state index in [2.05, 4.69) is 16.5 Å². The molecule has 0 fully saturated rings. The summed E-state index contributed by atoms with van der Waals surface area (Å²) in [4.78, 5) is 7.55. The van der Waals surface area contributed by atoms with Crippen LogP contribution in [0.15, 0.2) is 25.0 Å². The standard InChI is InChI=1S/C12H11F3N4O.C3H7F/c1-2-19-5-9(18-10(19)6-20)7-3-8(12(13,14)15)11(16)17-4-7;1-2-3-4/h2-5,20H,1,6H2,(H2,16,17);2-3H2,1H3. The molecule has 2 heterocycles. The maximum absolute atomic E-state index is 12.8. The summed E-state index contributed by atoms with van der Waals surface area (Å²) in [5.74, 6) is -0.327. The van der Waals surface area contributed by atoms with E-state index in [-0.39, 0.29) is 30.4 Å². The summed E-state index contributed by atoms with van der Waals surface area (Å²) in [7, 11) is 0. The van der Waals surface area contributed by atoms with Crippen molar-refractivity contribution in [2.24, 2.45) is 0 Å². The average Bonchev–Trinajstić information content (AvgIpc) is 2.97. The molecule has 0 saturated carbocycles. The molecule has 0 unspecified atom stereocenters. The Kier molecular flexibility index (Phi) is 6.90. The second-order valence-electron chi connectivity index (χ2n) is 4.63. The normalized spacial score (nSPS) is 10.9. The Bertz CT molecular complexity index is 681. The van der Waals surface area contributed by atoms with Gasteiger partial charge in [-0.3, -0.25) is 4.39 Å². The molecule has 2 rings (SSSR count). The number of imidazole rings is 1. The van der Waals surface area contributed by atoms with Crippen LogP contribution >= 0.6 is 0 Å². The van der Waals surface area contributed by atoms with Gasteiger partial charge in [-0.1, -0.05) is 13.5 Å². The lowest BCUT2D eigenvalue weighted by atomic mass is 10.1. The quantitative estimate of drug-likeness (QED) is 0.831. The lowest BCUT2D eigenvalue weighted by Crippen LogP contribution is -2.10. The van der Waals surface area contributed by atoms with Crippen LogP contribution in [0.1, 0.15) is 24.7 Å². The van der Waals surface area contributed by atoms with Gasteiger partial charge in [-0.25, -0.2) is 9.97 Å². The SMILES string of the molecule is C=Cn1cc(-c2cnc(N)c(C(F)(F)F)c2)nc1CO.CCCF. The van der Waals surface area contributed by atoms with Crippen LogP contribution in [-0.2, 0) is 12.8 Å². The molecule has 2 aromatic heterocycles. The number of halogens is 4. The second-order valence-corrected chi connectivity index (χ2v) is 4.63. The molecule has 24 heavy (non-hydrogen) atoms. The monoisotopic (exact) mass is 346 g/mol. The van der Waals surface area contributed by atoms with Gasteiger partial charge in [0.15, 0.2) is 0 Å². The third-order valence-corrected chi connectivity index (χ3v) is 2.86. The predicted molar refractivity (Wildman–Crippen MR) is 83.4 cm³/mol. The molecule has 9 heteroatoms. The minimum atomic E-state index is -4.59. The summed E-state index contributed by atoms with van der Waals surface area (Å²) in [6, 6.07) is 0.874. The summed E-state index contributed by atoms with van der Waals surface area (Å²) >= 11 is 0. The van der Waals surface area contributed by atoms with Crippen molar-refractivity contribution >= 4 is 12.0 Å². The Morgan fingerprint density at radius 2 is 2.04 bits per heavy atom. The van der Waals surface area contributed by atoms with Crippen molar-refractivity contribution in [3.8, 4) is 11.3 Å². The first-order valence-electron chi connectivity index (χ1n) is 6.98. The van der Waals surface area contributed by atoms with E-state index < -0.39 is 17.6 Å². The third kappa shape index (κ3) is 4.79. The fourth-order valence-electron chi connectivity index (χ4n) is 1.69.